The number of ether oxygens (including phenoxy) is 1. The Morgan fingerprint density at radius 2 is 1.85 bits per heavy atom. The van der Waals surface area contributed by atoms with Crippen molar-refractivity contribution in [2.24, 2.45) is 0 Å². The molecule has 0 saturated carbocycles. The number of nitrogens with zero attached hydrogens (tertiary/aromatic N) is 5. The standard InChI is InChI=1S/C26H27FN6O/c1-16-20-4-3-9-34-26(20)29-15-22(16)21-10-17-12-24(28-14-18(17)11-23(21)27)30-25-13-19-5-6-32(2)7-8-33(19)31-25/h10-15H,3-9H2,1-2H3,(H,28,30,31). The summed E-state index contributed by atoms with van der Waals surface area (Å²) in [5, 5.41) is 9.70. The first-order chi connectivity index (χ1) is 16.5. The monoisotopic (exact) mass is 458 g/mol. The quantitative estimate of drug-likeness (QED) is 0.488. The molecule has 34 heavy (non-hydrogen) atoms. The zero-order valence-corrected chi connectivity index (χ0v) is 19.4. The number of fused-ring (bicyclic) bond motifs is 3. The van der Waals surface area contributed by atoms with Crippen molar-refractivity contribution in [3.8, 4) is 17.0 Å². The molecule has 8 heteroatoms. The van der Waals surface area contributed by atoms with Crippen LogP contribution in [0.4, 0.5) is 16.0 Å². The number of hydrogen-bond donors (Lipinski definition) is 1. The SMILES string of the molecule is Cc1c(-c2cc3cc(Nc4cc5n(n4)CCN(C)CC5)ncc3cc2F)cnc2c1CCCO2. The van der Waals surface area contributed by atoms with Crippen molar-refractivity contribution in [2.75, 3.05) is 32.1 Å². The van der Waals surface area contributed by atoms with Crippen LogP contribution in [0.25, 0.3) is 21.9 Å². The van der Waals surface area contributed by atoms with Crippen LogP contribution in [-0.2, 0) is 19.4 Å². The van der Waals surface area contributed by atoms with E-state index >= 15 is 4.39 Å². The predicted octanol–water partition coefficient (Wildman–Crippen LogP) is 4.50. The molecule has 0 aliphatic carbocycles. The molecule has 0 unspecified atom stereocenters. The van der Waals surface area contributed by atoms with E-state index in [0.717, 1.165) is 72.2 Å². The summed E-state index contributed by atoms with van der Waals surface area (Å²) in [5.74, 6) is 1.86. The summed E-state index contributed by atoms with van der Waals surface area (Å²) in [6.07, 6.45) is 6.25. The van der Waals surface area contributed by atoms with E-state index in [0.29, 0.717) is 23.9 Å². The fourth-order valence-electron chi connectivity index (χ4n) is 4.89. The van der Waals surface area contributed by atoms with Crippen LogP contribution in [0.15, 0.2) is 36.7 Å². The zero-order chi connectivity index (χ0) is 23.2. The molecule has 0 radical (unpaired) electrons. The summed E-state index contributed by atoms with van der Waals surface area (Å²) >= 11 is 0. The average Bonchev–Trinajstić information content (AvgIpc) is 3.14. The molecule has 0 atom stereocenters. The van der Waals surface area contributed by atoms with E-state index in [-0.39, 0.29) is 5.82 Å². The van der Waals surface area contributed by atoms with Crippen molar-refractivity contribution in [1.82, 2.24) is 24.6 Å². The Morgan fingerprint density at radius 3 is 2.76 bits per heavy atom. The molecule has 0 bridgehead atoms. The first kappa shape index (κ1) is 21.0. The molecule has 0 fully saturated rings. The van der Waals surface area contributed by atoms with Crippen LogP contribution in [0.5, 0.6) is 5.88 Å². The fraction of sp³-hybridized carbons (Fsp3) is 0.346. The van der Waals surface area contributed by atoms with Gasteiger partial charge in [-0.3, -0.25) is 4.68 Å². The molecule has 0 amide bonds. The van der Waals surface area contributed by atoms with Crippen LogP contribution < -0.4 is 10.1 Å². The average molecular weight is 459 g/mol. The van der Waals surface area contributed by atoms with Crippen molar-refractivity contribution in [3.05, 3.63) is 59.3 Å². The van der Waals surface area contributed by atoms with Gasteiger partial charge < -0.3 is 15.0 Å². The van der Waals surface area contributed by atoms with Gasteiger partial charge in [0.2, 0.25) is 5.88 Å². The Bertz CT molecular complexity index is 1370. The first-order valence-electron chi connectivity index (χ1n) is 11.8. The second kappa shape index (κ2) is 8.36. The molecule has 5 heterocycles. The summed E-state index contributed by atoms with van der Waals surface area (Å²) < 4.78 is 22.9. The van der Waals surface area contributed by atoms with Crippen LogP contribution in [0.2, 0.25) is 0 Å². The second-order valence-electron chi connectivity index (χ2n) is 9.20. The van der Waals surface area contributed by atoms with Crippen molar-refractivity contribution < 1.29 is 9.13 Å². The normalized spacial score (nSPS) is 16.0. The third kappa shape index (κ3) is 3.77. The first-order valence-corrected chi connectivity index (χ1v) is 11.8. The number of anilines is 2. The minimum Gasteiger partial charge on any atom is -0.477 e. The minimum atomic E-state index is -0.278. The molecule has 6 rings (SSSR count). The lowest BCUT2D eigenvalue weighted by molar-refractivity contribution is 0.276. The van der Waals surface area contributed by atoms with Gasteiger partial charge in [-0.25, -0.2) is 14.4 Å². The molecule has 3 aromatic heterocycles. The van der Waals surface area contributed by atoms with Gasteiger partial charge in [0, 0.05) is 65.7 Å². The lowest BCUT2D eigenvalue weighted by atomic mass is 9.94. The molecule has 1 aromatic carbocycles. The number of halogens is 1. The van der Waals surface area contributed by atoms with Gasteiger partial charge in [-0.1, -0.05) is 0 Å². The maximum Gasteiger partial charge on any atom is 0.216 e. The topological polar surface area (TPSA) is 68.1 Å². The Labute approximate surface area is 197 Å². The van der Waals surface area contributed by atoms with E-state index in [1.807, 2.05) is 19.1 Å². The van der Waals surface area contributed by atoms with Crippen LogP contribution >= 0.6 is 0 Å². The van der Waals surface area contributed by atoms with E-state index in [2.05, 4.69) is 38.0 Å². The lowest BCUT2D eigenvalue weighted by Crippen LogP contribution is -2.21. The van der Waals surface area contributed by atoms with Crippen LogP contribution in [0.3, 0.4) is 0 Å². The smallest absolute Gasteiger partial charge is 0.216 e. The Morgan fingerprint density at radius 1 is 0.941 bits per heavy atom. The minimum absolute atomic E-state index is 0.278. The molecule has 1 N–H and O–H groups in total. The predicted molar refractivity (Wildman–Crippen MR) is 130 cm³/mol. The number of likely N-dealkylation sites (N-methyl/N-ethyl adjacent to an activating group) is 1. The van der Waals surface area contributed by atoms with Crippen molar-refractivity contribution in [3.63, 3.8) is 0 Å². The van der Waals surface area contributed by atoms with Crippen LogP contribution in [-0.4, -0.2) is 51.4 Å². The van der Waals surface area contributed by atoms with Crippen molar-refractivity contribution in [1.29, 1.82) is 0 Å². The van der Waals surface area contributed by atoms with Gasteiger partial charge in [-0.15, -0.1) is 0 Å². The van der Waals surface area contributed by atoms with Gasteiger partial charge in [-0.2, -0.15) is 5.10 Å². The van der Waals surface area contributed by atoms with E-state index in [9.17, 15) is 0 Å². The molecular formula is C26H27FN6O. The number of nitrogens with one attached hydrogen (secondary N) is 1. The molecule has 174 valence electrons. The number of rotatable bonds is 3. The number of benzene rings is 1. The largest absolute Gasteiger partial charge is 0.477 e. The highest BCUT2D eigenvalue weighted by Gasteiger charge is 2.20. The third-order valence-corrected chi connectivity index (χ3v) is 6.90. The second-order valence-corrected chi connectivity index (χ2v) is 9.20. The van der Waals surface area contributed by atoms with Crippen molar-refractivity contribution >= 4 is 22.4 Å². The number of pyridine rings is 2. The number of aromatic nitrogens is 4. The van der Waals surface area contributed by atoms with Gasteiger partial charge in [0.1, 0.15) is 11.6 Å². The molecule has 2 aliphatic heterocycles. The highest BCUT2D eigenvalue weighted by atomic mass is 19.1. The summed E-state index contributed by atoms with van der Waals surface area (Å²) in [5.41, 5.74) is 4.67. The molecular weight excluding hydrogens is 431 g/mol. The maximum atomic E-state index is 15.1. The van der Waals surface area contributed by atoms with Gasteiger partial charge in [0.05, 0.1) is 13.2 Å². The number of hydrogen-bond acceptors (Lipinski definition) is 6. The lowest BCUT2D eigenvalue weighted by Gasteiger charge is -2.20. The maximum absolute atomic E-state index is 15.1. The Kier molecular flexibility index (Phi) is 5.17. The summed E-state index contributed by atoms with van der Waals surface area (Å²) in [6, 6.07) is 7.47. The highest BCUT2D eigenvalue weighted by Crippen LogP contribution is 2.35. The molecule has 0 saturated heterocycles. The van der Waals surface area contributed by atoms with E-state index in [1.165, 1.54) is 5.69 Å². The summed E-state index contributed by atoms with van der Waals surface area (Å²) in [6.45, 7) is 5.59. The Hall–Kier alpha value is -3.52. The Balaban J connectivity index is 1.33. The third-order valence-electron chi connectivity index (χ3n) is 6.90. The van der Waals surface area contributed by atoms with E-state index in [4.69, 9.17) is 9.84 Å². The van der Waals surface area contributed by atoms with Gasteiger partial charge in [0.25, 0.3) is 0 Å². The summed E-state index contributed by atoms with van der Waals surface area (Å²) in [7, 11) is 2.14. The zero-order valence-electron chi connectivity index (χ0n) is 19.4. The molecule has 7 nitrogen and oxygen atoms in total. The van der Waals surface area contributed by atoms with Crippen LogP contribution in [0.1, 0.15) is 23.2 Å². The van der Waals surface area contributed by atoms with Gasteiger partial charge in [-0.05, 0) is 56.0 Å². The summed E-state index contributed by atoms with van der Waals surface area (Å²) in [4.78, 5) is 11.3. The van der Waals surface area contributed by atoms with E-state index < -0.39 is 0 Å². The van der Waals surface area contributed by atoms with E-state index in [1.54, 1.807) is 18.5 Å². The van der Waals surface area contributed by atoms with Crippen molar-refractivity contribution in [2.45, 2.75) is 32.7 Å². The molecule has 2 aliphatic rings. The van der Waals surface area contributed by atoms with Gasteiger partial charge >= 0.3 is 0 Å². The molecule has 0 spiro atoms. The van der Waals surface area contributed by atoms with Crippen LogP contribution in [0, 0.1) is 12.7 Å². The highest BCUT2D eigenvalue weighted by molar-refractivity contribution is 5.89. The fourth-order valence-corrected chi connectivity index (χ4v) is 4.89. The molecule has 4 aromatic rings. The van der Waals surface area contributed by atoms with Gasteiger partial charge in [0.15, 0.2) is 5.82 Å².